The quantitative estimate of drug-likeness (QED) is 0.616. The van der Waals surface area contributed by atoms with E-state index in [0.29, 0.717) is 13.0 Å². The van der Waals surface area contributed by atoms with Crippen molar-refractivity contribution >= 4 is 11.9 Å². The highest BCUT2D eigenvalue weighted by atomic mass is 16.4. The second-order valence-electron chi connectivity index (χ2n) is 4.80. The molecule has 1 unspecified atom stereocenters. The summed E-state index contributed by atoms with van der Waals surface area (Å²) in [5.74, 6) is -0.798. The van der Waals surface area contributed by atoms with Gasteiger partial charge in [0, 0.05) is 6.42 Å². The van der Waals surface area contributed by atoms with Crippen LogP contribution in [0.15, 0.2) is 0 Å². The number of rotatable bonds is 6. The number of hydrogen-bond donors (Lipinski definition) is 3. The summed E-state index contributed by atoms with van der Waals surface area (Å²) >= 11 is 0. The van der Waals surface area contributed by atoms with E-state index in [9.17, 15) is 9.59 Å². The molecule has 0 aromatic carbocycles. The molecule has 1 atom stereocenters. The third-order valence-electron chi connectivity index (χ3n) is 3.14. The first-order valence-electron chi connectivity index (χ1n) is 5.70. The summed E-state index contributed by atoms with van der Waals surface area (Å²) in [5.41, 5.74) is 4.95. The van der Waals surface area contributed by atoms with E-state index in [1.807, 2.05) is 6.92 Å². The predicted octanol–water partition coefficient (Wildman–Crippen LogP) is 0.485. The van der Waals surface area contributed by atoms with Crippen LogP contribution in [0.25, 0.3) is 0 Å². The Kier molecular flexibility index (Phi) is 4.29. The largest absolute Gasteiger partial charge is 0.481 e. The lowest BCUT2D eigenvalue weighted by Gasteiger charge is -2.41. The zero-order chi connectivity index (χ0) is 12.2. The smallest absolute Gasteiger partial charge is 0.305 e. The fourth-order valence-corrected chi connectivity index (χ4v) is 1.99. The highest BCUT2D eigenvalue weighted by molar-refractivity contribution is 5.78. The molecule has 0 radical (unpaired) electrons. The van der Waals surface area contributed by atoms with Crippen molar-refractivity contribution in [1.82, 2.24) is 5.32 Å². The van der Waals surface area contributed by atoms with E-state index < -0.39 is 11.5 Å². The molecule has 5 heteroatoms. The number of carboxylic acids is 1. The van der Waals surface area contributed by atoms with Gasteiger partial charge >= 0.3 is 5.97 Å². The zero-order valence-corrected chi connectivity index (χ0v) is 9.66. The molecule has 1 rings (SSSR count). The Bertz CT molecular complexity index is 274. The first-order valence-corrected chi connectivity index (χ1v) is 5.70. The number of amides is 1. The highest BCUT2D eigenvalue weighted by Crippen LogP contribution is 2.35. The fourth-order valence-electron chi connectivity index (χ4n) is 1.99. The molecule has 0 aliphatic heterocycles. The molecule has 5 nitrogen and oxygen atoms in total. The Labute approximate surface area is 95.4 Å². The van der Waals surface area contributed by atoms with Crippen LogP contribution in [0.3, 0.4) is 0 Å². The van der Waals surface area contributed by atoms with Crippen LogP contribution < -0.4 is 11.1 Å². The van der Waals surface area contributed by atoms with Gasteiger partial charge in [0.25, 0.3) is 0 Å². The second-order valence-corrected chi connectivity index (χ2v) is 4.80. The van der Waals surface area contributed by atoms with Crippen LogP contribution in [-0.2, 0) is 9.59 Å². The molecule has 16 heavy (non-hydrogen) atoms. The topological polar surface area (TPSA) is 92.4 Å². The predicted molar refractivity (Wildman–Crippen MR) is 59.8 cm³/mol. The Hall–Kier alpha value is -1.10. The van der Waals surface area contributed by atoms with Gasteiger partial charge in [0.2, 0.25) is 5.91 Å². The highest BCUT2D eigenvalue weighted by Gasteiger charge is 2.40. The number of aliphatic carboxylic acids is 1. The Morgan fingerprint density at radius 1 is 1.50 bits per heavy atom. The molecule has 0 aromatic heterocycles. The normalized spacial score (nSPS) is 19.6. The number of carbonyl (C=O) groups is 2. The molecule has 0 heterocycles. The Balaban J connectivity index is 2.44. The molecule has 1 amide bonds. The molecule has 92 valence electrons. The first-order chi connectivity index (χ1) is 7.47. The summed E-state index contributed by atoms with van der Waals surface area (Å²) < 4.78 is 0. The van der Waals surface area contributed by atoms with Gasteiger partial charge in [-0.15, -0.1) is 0 Å². The van der Waals surface area contributed by atoms with Gasteiger partial charge in [-0.25, -0.2) is 0 Å². The minimum Gasteiger partial charge on any atom is -0.481 e. The zero-order valence-electron chi connectivity index (χ0n) is 9.66. The van der Waals surface area contributed by atoms with Gasteiger partial charge in [-0.3, -0.25) is 9.59 Å². The Morgan fingerprint density at radius 3 is 2.50 bits per heavy atom. The lowest BCUT2D eigenvalue weighted by Crippen LogP contribution is -2.55. The molecule has 0 aromatic rings. The summed E-state index contributed by atoms with van der Waals surface area (Å²) in [6.07, 6.45) is 2.91. The third-order valence-corrected chi connectivity index (χ3v) is 3.14. The van der Waals surface area contributed by atoms with Crippen LogP contribution >= 0.6 is 0 Å². The minimum absolute atomic E-state index is 0.0236. The van der Waals surface area contributed by atoms with Gasteiger partial charge < -0.3 is 16.2 Å². The maximum absolute atomic E-state index is 11.6. The van der Waals surface area contributed by atoms with Crippen molar-refractivity contribution in [2.45, 2.75) is 44.6 Å². The molecule has 4 N–H and O–H groups in total. The summed E-state index contributed by atoms with van der Waals surface area (Å²) in [6.45, 7) is 2.38. The van der Waals surface area contributed by atoms with Gasteiger partial charge in [0.05, 0.1) is 12.0 Å². The van der Waals surface area contributed by atoms with Crippen LogP contribution in [0.4, 0.5) is 0 Å². The Morgan fingerprint density at radius 2 is 2.12 bits per heavy atom. The molecule has 1 aliphatic carbocycles. The van der Waals surface area contributed by atoms with Gasteiger partial charge in [-0.2, -0.15) is 0 Å². The molecule has 1 saturated carbocycles. The van der Waals surface area contributed by atoms with E-state index in [2.05, 4.69) is 5.32 Å². The summed E-state index contributed by atoms with van der Waals surface area (Å²) in [5, 5.41) is 11.6. The molecule has 0 spiro atoms. The van der Waals surface area contributed by atoms with Crippen molar-refractivity contribution in [3.63, 3.8) is 0 Å². The molecular formula is C11H20N2O3. The van der Waals surface area contributed by atoms with Gasteiger partial charge in [0.15, 0.2) is 0 Å². The lowest BCUT2D eigenvalue weighted by atomic mass is 9.74. The van der Waals surface area contributed by atoms with Crippen molar-refractivity contribution in [1.29, 1.82) is 0 Å². The van der Waals surface area contributed by atoms with E-state index in [-0.39, 0.29) is 18.2 Å². The van der Waals surface area contributed by atoms with E-state index in [1.165, 1.54) is 0 Å². The van der Waals surface area contributed by atoms with E-state index in [4.69, 9.17) is 10.8 Å². The van der Waals surface area contributed by atoms with Gasteiger partial charge in [-0.1, -0.05) is 6.92 Å². The third kappa shape index (κ3) is 3.48. The van der Waals surface area contributed by atoms with E-state index in [1.54, 1.807) is 0 Å². The first kappa shape index (κ1) is 13.0. The van der Waals surface area contributed by atoms with Crippen molar-refractivity contribution in [3.8, 4) is 0 Å². The number of nitrogens with one attached hydrogen (secondary N) is 1. The maximum Gasteiger partial charge on any atom is 0.305 e. The van der Waals surface area contributed by atoms with E-state index >= 15 is 0 Å². The number of nitrogens with two attached hydrogens (primary N) is 1. The fraction of sp³-hybridized carbons (Fsp3) is 0.818. The SMILES string of the molecule is CC(CN)CC(=O)NC1(CC(=O)O)CCC1. The molecule has 1 fully saturated rings. The standard InChI is InChI=1S/C11H20N2O3/c1-8(7-12)5-9(14)13-11(3-2-4-11)6-10(15)16/h8H,2-7,12H2,1H3,(H,13,14)(H,15,16). The van der Waals surface area contributed by atoms with Crippen molar-refractivity contribution in [2.24, 2.45) is 11.7 Å². The average molecular weight is 228 g/mol. The number of hydrogen-bond acceptors (Lipinski definition) is 3. The van der Waals surface area contributed by atoms with Crippen LogP contribution in [0, 0.1) is 5.92 Å². The van der Waals surface area contributed by atoms with Gasteiger partial charge in [0.1, 0.15) is 0 Å². The summed E-state index contributed by atoms with van der Waals surface area (Å²) in [6, 6.07) is 0. The lowest BCUT2D eigenvalue weighted by molar-refractivity contribution is -0.140. The second kappa shape index (κ2) is 5.30. The van der Waals surface area contributed by atoms with Crippen molar-refractivity contribution in [2.75, 3.05) is 6.54 Å². The van der Waals surface area contributed by atoms with E-state index in [0.717, 1.165) is 19.3 Å². The summed E-state index contributed by atoms with van der Waals surface area (Å²) in [7, 11) is 0. The monoisotopic (exact) mass is 228 g/mol. The van der Waals surface area contributed by atoms with Crippen LogP contribution in [0.1, 0.15) is 39.0 Å². The van der Waals surface area contributed by atoms with Crippen molar-refractivity contribution in [3.05, 3.63) is 0 Å². The summed E-state index contributed by atoms with van der Waals surface area (Å²) in [4.78, 5) is 22.3. The van der Waals surface area contributed by atoms with Crippen LogP contribution in [-0.4, -0.2) is 29.1 Å². The molecule has 0 saturated heterocycles. The molecular weight excluding hydrogens is 208 g/mol. The van der Waals surface area contributed by atoms with Crippen molar-refractivity contribution < 1.29 is 14.7 Å². The maximum atomic E-state index is 11.6. The van der Waals surface area contributed by atoms with Crippen LogP contribution in [0.2, 0.25) is 0 Å². The van der Waals surface area contributed by atoms with Gasteiger partial charge in [-0.05, 0) is 31.7 Å². The molecule has 0 bridgehead atoms. The average Bonchev–Trinajstić information content (AvgIpc) is 2.13. The minimum atomic E-state index is -0.855. The molecule has 1 aliphatic rings. The van der Waals surface area contributed by atoms with Crippen LogP contribution in [0.5, 0.6) is 0 Å². The number of carbonyl (C=O) groups excluding carboxylic acids is 1. The number of carboxylic acid groups (broad SMARTS) is 1.